The Morgan fingerprint density at radius 3 is 2.08 bits per heavy atom. The molecule has 5 aromatic carbocycles. The summed E-state index contributed by atoms with van der Waals surface area (Å²) in [6.07, 6.45) is 0.585. The molecule has 9 nitrogen and oxygen atoms in total. The number of aryl methyl sites for hydroxylation is 1. The zero-order valence-electron chi connectivity index (χ0n) is 29.5. The number of amides is 2. The van der Waals surface area contributed by atoms with Crippen molar-refractivity contribution in [2.24, 2.45) is 5.92 Å². The highest BCUT2D eigenvalue weighted by atomic mass is 16.7. The Bertz CT molecular complexity index is 2020. The van der Waals surface area contributed by atoms with Crippen LogP contribution in [0.4, 0.5) is 4.79 Å². The number of alkyl carbamates (subject to hydrolysis) is 1. The molecule has 2 unspecified atom stereocenters. The first-order valence-electron chi connectivity index (χ1n) is 17.6. The highest BCUT2D eigenvalue weighted by Crippen LogP contribution is 2.45. The van der Waals surface area contributed by atoms with Crippen LogP contribution in [0.2, 0.25) is 0 Å². The van der Waals surface area contributed by atoms with Crippen molar-refractivity contribution in [3.05, 3.63) is 173 Å². The van der Waals surface area contributed by atoms with E-state index in [2.05, 4.69) is 29.5 Å². The first-order chi connectivity index (χ1) is 25.8. The SMILES string of the molecule is C=CCOC(=O)NCCC(CC(=O)OCC1c2ccccc2-c2ccccc21)C(=O)NOc1ccccc1C(O)(c1ccccc1)c1ccc(C)cc1. The van der Waals surface area contributed by atoms with Gasteiger partial charge in [-0.15, -0.1) is 0 Å². The lowest BCUT2D eigenvalue weighted by Gasteiger charge is -2.31. The lowest BCUT2D eigenvalue weighted by molar-refractivity contribution is -0.148. The Hall–Kier alpha value is -6.19. The smallest absolute Gasteiger partial charge is 0.407 e. The summed E-state index contributed by atoms with van der Waals surface area (Å²) in [5.41, 5.74) is 7.89. The topological polar surface area (TPSA) is 123 Å². The number of hydrogen-bond acceptors (Lipinski definition) is 7. The number of esters is 1. The normalized spacial score (nSPS) is 13.4. The molecule has 2 atom stereocenters. The van der Waals surface area contributed by atoms with Crippen molar-refractivity contribution in [2.45, 2.75) is 31.3 Å². The second-order valence-electron chi connectivity index (χ2n) is 12.9. The van der Waals surface area contributed by atoms with E-state index in [0.717, 1.165) is 27.8 Å². The third-order valence-corrected chi connectivity index (χ3v) is 9.45. The number of nitrogens with one attached hydrogen (secondary N) is 2. The summed E-state index contributed by atoms with van der Waals surface area (Å²) in [6.45, 7) is 5.68. The fourth-order valence-corrected chi connectivity index (χ4v) is 6.73. The van der Waals surface area contributed by atoms with E-state index < -0.39 is 29.5 Å². The molecule has 1 aliphatic carbocycles. The van der Waals surface area contributed by atoms with E-state index in [0.29, 0.717) is 16.7 Å². The number of fused-ring (bicyclic) bond motifs is 3. The minimum Gasteiger partial charge on any atom is -0.465 e. The summed E-state index contributed by atoms with van der Waals surface area (Å²) in [5.74, 6) is -2.05. The van der Waals surface area contributed by atoms with Gasteiger partial charge in [-0.25, -0.2) is 4.79 Å². The molecule has 270 valence electrons. The van der Waals surface area contributed by atoms with Gasteiger partial charge in [-0.1, -0.05) is 140 Å². The molecule has 0 saturated carbocycles. The van der Waals surface area contributed by atoms with Crippen LogP contribution < -0.4 is 15.6 Å². The largest absolute Gasteiger partial charge is 0.465 e. The molecular weight excluding hydrogens is 668 g/mol. The fourth-order valence-electron chi connectivity index (χ4n) is 6.73. The van der Waals surface area contributed by atoms with Gasteiger partial charge in [0.15, 0.2) is 5.75 Å². The first kappa shape index (κ1) is 36.6. The highest BCUT2D eigenvalue weighted by Gasteiger charge is 2.37. The second kappa shape index (κ2) is 16.9. The van der Waals surface area contributed by atoms with Crippen LogP contribution in [0.5, 0.6) is 5.75 Å². The molecule has 0 radical (unpaired) electrons. The van der Waals surface area contributed by atoms with Crippen molar-refractivity contribution in [2.75, 3.05) is 19.8 Å². The van der Waals surface area contributed by atoms with E-state index in [4.69, 9.17) is 14.3 Å². The quantitative estimate of drug-likeness (QED) is 0.0449. The van der Waals surface area contributed by atoms with E-state index in [1.54, 1.807) is 24.3 Å². The molecule has 6 rings (SSSR count). The first-order valence-corrected chi connectivity index (χ1v) is 17.6. The monoisotopic (exact) mass is 710 g/mol. The van der Waals surface area contributed by atoms with Crippen LogP contribution in [-0.2, 0) is 24.7 Å². The minimum absolute atomic E-state index is 0.0284. The van der Waals surface area contributed by atoms with Crippen molar-refractivity contribution in [1.82, 2.24) is 10.8 Å². The van der Waals surface area contributed by atoms with Gasteiger partial charge < -0.3 is 24.7 Å². The molecule has 0 heterocycles. The van der Waals surface area contributed by atoms with Gasteiger partial charge >= 0.3 is 12.1 Å². The molecule has 0 spiro atoms. The Balaban J connectivity index is 1.19. The van der Waals surface area contributed by atoms with Crippen LogP contribution in [-0.4, -0.2) is 42.8 Å². The zero-order chi connectivity index (χ0) is 37.2. The summed E-state index contributed by atoms with van der Waals surface area (Å²) < 4.78 is 10.8. The maximum absolute atomic E-state index is 13.8. The number of hydrogen-bond donors (Lipinski definition) is 3. The van der Waals surface area contributed by atoms with E-state index in [9.17, 15) is 19.5 Å². The molecule has 0 saturated heterocycles. The molecule has 1 aliphatic rings. The second-order valence-corrected chi connectivity index (χ2v) is 12.9. The Kier molecular flexibility index (Phi) is 11.7. The van der Waals surface area contributed by atoms with Gasteiger partial charge in [-0.3, -0.25) is 9.59 Å². The molecule has 5 aromatic rings. The van der Waals surface area contributed by atoms with Crippen LogP contribution in [0.15, 0.2) is 140 Å². The average molecular weight is 711 g/mol. The van der Waals surface area contributed by atoms with E-state index >= 15 is 0 Å². The van der Waals surface area contributed by atoms with Gasteiger partial charge in [0, 0.05) is 18.0 Å². The number of ether oxygens (including phenoxy) is 2. The average Bonchev–Trinajstić information content (AvgIpc) is 3.51. The van der Waals surface area contributed by atoms with Gasteiger partial charge in [0.05, 0.1) is 12.3 Å². The number of carbonyl (C=O) groups is 3. The predicted octanol–water partition coefficient (Wildman–Crippen LogP) is 7.35. The van der Waals surface area contributed by atoms with Crippen LogP contribution in [0.1, 0.15) is 52.1 Å². The number of hydroxylamine groups is 1. The zero-order valence-corrected chi connectivity index (χ0v) is 29.5. The van der Waals surface area contributed by atoms with Crippen LogP contribution >= 0.6 is 0 Å². The van der Waals surface area contributed by atoms with Crippen molar-refractivity contribution < 1.29 is 33.8 Å². The van der Waals surface area contributed by atoms with E-state index in [1.165, 1.54) is 6.08 Å². The van der Waals surface area contributed by atoms with Crippen molar-refractivity contribution >= 4 is 18.0 Å². The Morgan fingerprint density at radius 1 is 0.792 bits per heavy atom. The Labute approximate surface area is 309 Å². The number of carbonyl (C=O) groups excluding carboxylic acids is 3. The lowest BCUT2D eigenvalue weighted by atomic mass is 9.80. The third-order valence-electron chi connectivity index (χ3n) is 9.45. The van der Waals surface area contributed by atoms with Gasteiger partial charge in [-0.05, 0) is 52.8 Å². The summed E-state index contributed by atoms with van der Waals surface area (Å²) in [7, 11) is 0. The van der Waals surface area contributed by atoms with Gasteiger partial charge in [0.25, 0.3) is 5.91 Å². The fraction of sp³-hybridized carbons (Fsp3) is 0.205. The highest BCUT2D eigenvalue weighted by molar-refractivity contribution is 5.84. The molecule has 0 bridgehead atoms. The van der Waals surface area contributed by atoms with Crippen molar-refractivity contribution in [1.29, 1.82) is 0 Å². The van der Waals surface area contributed by atoms with Crippen LogP contribution in [0.3, 0.4) is 0 Å². The Morgan fingerprint density at radius 2 is 1.40 bits per heavy atom. The van der Waals surface area contributed by atoms with E-state index in [-0.39, 0.29) is 44.3 Å². The van der Waals surface area contributed by atoms with Gasteiger partial charge in [-0.2, -0.15) is 5.48 Å². The summed E-state index contributed by atoms with van der Waals surface area (Å²) in [5, 5.41) is 15.1. The molecule has 53 heavy (non-hydrogen) atoms. The molecular formula is C44H42N2O7. The number of para-hydroxylation sites is 1. The lowest BCUT2D eigenvalue weighted by Crippen LogP contribution is -2.38. The van der Waals surface area contributed by atoms with Crippen molar-refractivity contribution in [3.63, 3.8) is 0 Å². The third kappa shape index (κ3) is 8.32. The standard InChI is InChI=1S/C44H42N2O7/c1-3-27-51-43(49)45-26-25-31(28-41(47)52-29-38-36-17-9-7-15-34(36)35-16-8-10-18-37(35)38)42(48)46-53-40-20-12-11-19-39(40)44(50,32-13-5-4-6-14-32)33-23-21-30(2)22-24-33/h3-24,31,38,50H,1,25-29H2,2H3,(H,45,49)(H,46,48). The minimum atomic E-state index is -1.63. The predicted molar refractivity (Wildman–Crippen MR) is 202 cm³/mol. The number of rotatable bonds is 15. The van der Waals surface area contributed by atoms with Crippen LogP contribution in [0.25, 0.3) is 11.1 Å². The molecule has 9 heteroatoms. The molecule has 0 aliphatic heterocycles. The summed E-state index contributed by atoms with van der Waals surface area (Å²) in [6, 6.07) is 39.7. The van der Waals surface area contributed by atoms with Crippen molar-refractivity contribution in [3.8, 4) is 16.9 Å². The number of benzene rings is 5. The van der Waals surface area contributed by atoms with Crippen LogP contribution in [0, 0.1) is 12.8 Å². The van der Waals surface area contributed by atoms with Gasteiger partial charge in [0.2, 0.25) is 0 Å². The summed E-state index contributed by atoms with van der Waals surface area (Å²) >= 11 is 0. The molecule has 3 N–H and O–H groups in total. The van der Waals surface area contributed by atoms with Gasteiger partial charge in [0.1, 0.15) is 18.8 Å². The number of aliphatic hydroxyl groups is 1. The maximum atomic E-state index is 13.8. The molecule has 0 fully saturated rings. The molecule has 2 amide bonds. The molecule has 0 aromatic heterocycles. The summed E-state index contributed by atoms with van der Waals surface area (Å²) in [4.78, 5) is 45.2. The van der Waals surface area contributed by atoms with E-state index in [1.807, 2.05) is 97.9 Å². The maximum Gasteiger partial charge on any atom is 0.407 e.